The van der Waals surface area contributed by atoms with Crippen LogP contribution in [0, 0.1) is 0 Å². The van der Waals surface area contributed by atoms with Gasteiger partial charge < -0.3 is 20.2 Å². The molecule has 0 spiro atoms. The van der Waals surface area contributed by atoms with Crippen molar-refractivity contribution in [3.8, 4) is 39.6 Å². The number of nitrogens with one attached hydrogen (secondary N) is 2. The van der Waals surface area contributed by atoms with Crippen LogP contribution in [-0.4, -0.2) is 31.5 Å². The molecule has 0 unspecified atom stereocenters. The Hall–Kier alpha value is -4.96. The zero-order chi connectivity index (χ0) is 23.6. The topological polar surface area (TPSA) is 125 Å². The Morgan fingerprint density at radius 3 is 2.51 bits per heavy atom. The van der Waals surface area contributed by atoms with E-state index in [9.17, 15) is 0 Å². The van der Waals surface area contributed by atoms with E-state index in [0.29, 0.717) is 34.6 Å². The zero-order valence-electron chi connectivity index (χ0n) is 18.4. The molecule has 0 amide bonds. The van der Waals surface area contributed by atoms with Crippen LogP contribution in [0.2, 0.25) is 0 Å². The molecule has 0 atom stereocenters. The molecule has 0 fully saturated rings. The van der Waals surface area contributed by atoms with Crippen LogP contribution in [0.25, 0.3) is 28.1 Å². The summed E-state index contributed by atoms with van der Waals surface area (Å²) in [4.78, 5) is 13.5. The molecule has 0 saturated heterocycles. The van der Waals surface area contributed by atoms with Crippen molar-refractivity contribution in [1.29, 1.82) is 0 Å². The van der Waals surface area contributed by atoms with Crippen molar-refractivity contribution in [3.63, 3.8) is 0 Å². The Balaban J connectivity index is 1.51. The molecular weight excluding hydrogens is 444 g/mol. The molecule has 0 saturated carbocycles. The first-order valence-electron chi connectivity index (χ1n) is 10.8. The van der Waals surface area contributed by atoms with Gasteiger partial charge in [0.2, 0.25) is 12.7 Å². The fourth-order valence-electron chi connectivity index (χ4n) is 3.88. The first-order valence-corrected chi connectivity index (χ1v) is 10.8. The average Bonchev–Trinajstić information content (AvgIpc) is 3.59. The summed E-state index contributed by atoms with van der Waals surface area (Å²) in [5.41, 5.74) is 6.93. The number of hydrogen-bond donors (Lipinski definition) is 3. The third-order valence-electron chi connectivity index (χ3n) is 5.53. The monoisotopic (exact) mass is 464 g/mol. The Morgan fingerprint density at radius 2 is 1.69 bits per heavy atom. The molecule has 3 aromatic heterocycles. The Morgan fingerprint density at radius 1 is 0.857 bits per heavy atom. The van der Waals surface area contributed by atoms with Crippen LogP contribution in [0.1, 0.15) is 0 Å². The number of nitrogens with two attached hydrogens (primary N) is 1. The molecule has 35 heavy (non-hydrogen) atoms. The number of nitrogen functional groups attached to an aromatic ring is 1. The van der Waals surface area contributed by atoms with Gasteiger partial charge in [0.05, 0.1) is 11.8 Å². The third-order valence-corrected chi connectivity index (χ3v) is 5.53. The number of fused-ring (bicyclic) bond motifs is 1. The third kappa shape index (κ3) is 3.98. The van der Waals surface area contributed by atoms with Crippen LogP contribution in [-0.2, 0) is 0 Å². The Bertz CT molecular complexity index is 1490. The van der Waals surface area contributed by atoms with Crippen LogP contribution >= 0.6 is 0 Å². The molecule has 0 aliphatic carbocycles. The second kappa shape index (κ2) is 8.76. The molecule has 0 radical (unpaired) electrons. The van der Waals surface area contributed by atoms with Crippen molar-refractivity contribution in [2.75, 3.05) is 17.5 Å². The lowest BCUT2D eigenvalue weighted by atomic mass is 10.1. The summed E-state index contributed by atoms with van der Waals surface area (Å²) in [6, 6.07) is 19.2. The molecule has 10 heteroatoms. The van der Waals surface area contributed by atoms with Gasteiger partial charge >= 0.3 is 0 Å². The first kappa shape index (κ1) is 20.6. The maximum atomic E-state index is 5.95. The maximum Gasteiger partial charge on any atom is 0.231 e. The Kier molecular flexibility index (Phi) is 5.17. The minimum Gasteiger partial charge on any atom is -0.454 e. The highest BCUT2D eigenvalue weighted by molar-refractivity contribution is 5.84. The van der Waals surface area contributed by atoms with Gasteiger partial charge in [0, 0.05) is 29.8 Å². The molecule has 0 bridgehead atoms. The number of para-hydroxylation sites is 1. The minimum absolute atomic E-state index is 0.179. The average molecular weight is 464 g/mol. The SMILES string of the molecule is NNc1nc(Nc2ccccc2)nc(-n2cc(-c3ccncc3)cn2)c1-c1ccc2c(c1)OCO2. The first-order chi connectivity index (χ1) is 17.3. The fraction of sp³-hybridized carbons (Fsp3) is 0.0400. The predicted molar refractivity (Wildman–Crippen MR) is 131 cm³/mol. The van der Waals surface area contributed by atoms with E-state index < -0.39 is 0 Å². The Labute approximate surface area is 200 Å². The lowest BCUT2D eigenvalue weighted by Gasteiger charge is -2.16. The van der Waals surface area contributed by atoms with Crippen LogP contribution in [0.4, 0.5) is 17.5 Å². The van der Waals surface area contributed by atoms with Crippen molar-refractivity contribution in [2.24, 2.45) is 5.84 Å². The molecule has 2 aromatic carbocycles. The van der Waals surface area contributed by atoms with E-state index in [2.05, 4.69) is 25.8 Å². The van der Waals surface area contributed by atoms with Crippen LogP contribution < -0.4 is 26.1 Å². The number of hydrazine groups is 1. The summed E-state index contributed by atoms with van der Waals surface area (Å²) in [6.45, 7) is 0.179. The van der Waals surface area contributed by atoms with Crippen LogP contribution in [0.5, 0.6) is 11.5 Å². The number of benzene rings is 2. The fourth-order valence-corrected chi connectivity index (χ4v) is 3.88. The summed E-state index contributed by atoms with van der Waals surface area (Å²) in [7, 11) is 0. The molecule has 4 N–H and O–H groups in total. The largest absolute Gasteiger partial charge is 0.454 e. The molecule has 172 valence electrons. The maximum absolute atomic E-state index is 5.95. The van der Waals surface area contributed by atoms with E-state index in [1.54, 1.807) is 23.3 Å². The predicted octanol–water partition coefficient (Wildman–Crippen LogP) is 4.15. The van der Waals surface area contributed by atoms with Gasteiger partial charge in [-0.15, -0.1) is 0 Å². The van der Waals surface area contributed by atoms with Gasteiger partial charge in [0.25, 0.3) is 0 Å². The summed E-state index contributed by atoms with van der Waals surface area (Å²) < 4.78 is 12.8. The van der Waals surface area contributed by atoms with Crippen LogP contribution in [0.15, 0.2) is 85.5 Å². The number of anilines is 3. The molecule has 5 aromatic rings. The highest BCUT2D eigenvalue weighted by Gasteiger charge is 2.22. The number of nitrogens with zero attached hydrogens (tertiary/aromatic N) is 5. The van der Waals surface area contributed by atoms with E-state index in [1.165, 1.54) is 0 Å². The smallest absolute Gasteiger partial charge is 0.231 e. The zero-order valence-corrected chi connectivity index (χ0v) is 18.4. The molecule has 6 rings (SSSR count). The number of hydrogen-bond acceptors (Lipinski definition) is 9. The molecule has 4 heterocycles. The number of pyridine rings is 1. The molecule has 1 aliphatic rings. The van der Waals surface area contributed by atoms with Gasteiger partial charge in [-0.3, -0.25) is 4.98 Å². The van der Waals surface area contributed by atoms with E-state index in [4.69, 9.17) is 20.3 Å². The quantitative estimate of drug-likeness (QED) is 0.251. The van der Waals surface area contributed by atoms with Crippen molar-refractivity contribution < 1.29 is 9.47 Å². The van der Waals surface area contributed by atoms with Crippen molar-refractivity contribution in [2.45, 2.75) is 0 Å². The summed E-state index contributed by atoms with van der Waals surface area (Å²) in [6.07, 6.45) is 7.17. The van der Waals surface area contributed by atoms with Gasteiger partial charge in [0.15, 0.2) is 23.1 Å². The number of rotatable bonds is 6. The van der Waals surface area contributed by atoms with Crippen molar-refractivity contribution in [3.05, 3.63) is 85.5 Å². The summed E-state index contributed by atoms with van der Waals surface area (Å²) >= 11 is 0. The number of ether oxygens (including phenoxy) is 2. The summed E-state index contributed by atoms with van der Waals surface area (Å²) in [5.74, 6) is 8.59. The van der Waals surface area contributed by atoms with Gasteiger partial charge in [-0.1, -0.05) is 24.3 Å². The highest BCUT2D eigenvalue weighted by atomic mass is 16.7. The lowest BCUT2D eigenvalue weighted by Crippen LogP contribution is -2.15. The lowest BCUT2D eigenvalue weighted by molar-refractivity contribution is 0.174. The van der Waals surface area contributed by atoms with Gasteiger partial charge in [0.1, 0.15) is 0 Å². The minimum atomic E-state index is 0.179. The molecule has 1 aliphatic heterocycles. The van der Waals surface area contributed by atoms with Crippen molar-refractivity contribution in [1.82, 2.24) is 24.7 Å². The summed E-state index contributed by atoms with van der Waals surface area (Å²) in [5, 5.41) is 7.83. The van der Waals surface area contributed by atoms with Gasteiger partial charge in [-0.25, -0.2) is 10.5 Å². The van der Waals surface area contributed by atoms with Crippen LogP contribution in [0.3, 0.4) is 0 Å². The van der Waals surface area contributed by atoms with E-state index in [-0.39, 0.29) is 6.79 Å². The van der Waals surface area contributed by atoms with Gasteiger partial charge in [-0.05, 0) is 47.5 Å². The van der Waals surface area contributed by atoms with E-state index in [1.807, 2.05) is 66.9 Å². The molecule has 10 nitrogen and oxygen atoms in total. The molecular formula is C25H20N8O2. The number of aromatic nitrogens is 5. The van der Waals surface area contributed by atoms with Gasteiger partial charge in [-0.2, -0.15) is 15.1 Å². The second-order valence-electron chi connectivity index (χ2n) is 7.71. The second-order valence-corrected chi connectivity index (χ2v) is 7.71. The van der Waals surface area contributed by atoms with Crippen molar-refractivity contribution >= 4 is 17.5 Å². The van der Waals surface area contributed by atoms with E-state index in [0.717, 1.165) is 22.4 Å². The highest BCUT2D eigenvalue weighted by Crippen LogP contribution is 2.40. The normalized spacial score (nSPS) is 11.9. The standard InChI is InChI=1S/C25H20N8O2/c26-32-23-22(17-6-7-20-21(12-17)35-15-34-20)24(31-25(30-23)29-19-4-2-1-3-5-19)33-14-18(13-28-33)16-8-10-27-11-9-16/h1-14H,15,26H2,(H2,29,30,31,32). The van der Waals surface area contributed by atoms with E-state index >= 15 is 0 Å².